The first-order valence-electron chi connectivity index (χ1n) is 12.4. The largest absolute Gasteiger partial charge is 0.494 e. The number of carbonyl (C=O) groups excluding carboxylic acids is 1. The summed E-state index contributed by atoms with van der Waals surface area (Å²) in [6, 6.07) is 35.2. The molecule has 0 fully saturated rings. The minimum Gasteiger partial charge on any atom is -0.494 e. The molecule has 0 saturated carbocycles. The van der Waals surface area contributed by atoms with Gasteiger partial charge >= 0.3 is 6.03 Å². The monoisotopic (exact) mass is 480 g/mol. The molecule has 4 aromatic carbocycles. The minimum absolute atomic E-state index is 0.303. The van der Waals surface area contributed by atoms with Gasteiger partial charge in [0.15, 0.2) is 0 Å². The lowest BCUT2D eigenvalue weighted by molar-refractivity contribution is 0.262. The molecule has 4 rings (SSSR count). The highest BCUT2D eigenvalue weighted by atomic mass is 16.5. The van der Waals surface area contributed by atoms with E-state index in [4.69, 9.17) is 9.47 Å². The number of nitrogens with one attached hydrogen (secondary N) is 2. The average Bonchev–Trinajstić information content (AvgIpc) is 2.92. The topological polar surface area (TPSA) is 59.6 Å². The second-order valence-electron chi connectivity index (χ2n) is 8.50. The summed E-state index contributed by atoms with van der Waals surface area (Å²) in [6.45, 7) is 1.30. The number of amides is 2. The molecule has 36 heavy (non-hydrogen) atoms. The van der Waals surface area contributed by atoms with Gasteiger partial charge in [0.25, 0.3) is 0 Å². The fourth-order valence-electron chi connectivity index (χ4n) is 3.78. The van der Waals surface area contributed by atoms with E-state index in [-0.39, 0.29) is 6.03 Å². The van der Waals surface area contributed by atoms with Gasteiger partial charge in [-0.2, -0.15) is 0 Å². The normalized spacial score (nSPS) is 10.4. The summed E-state index contributed by atoms with van der Waals surface area (Å²) in [7, 11) is 0. The Labute approximate surface area is 213 Å². The molecule has 0 aromatic heterocycles. The first-order valence-corrected chi connectivity index (χ1v) is 12.4. The van der Waals surface area contributed by atoms with Crippen molar-refractivity contribution in [3.63, 3.8) is 0 Å². The van der Waals surface area contributed by atoms with Gasteiger partial charge in [-0.15, -0.1) is 0 Å². The molecule has 0 aliphatic heterocycles. The van der Waals surface area contributed by atoms with Crippen LogP contribution in [0.15, 0.2) is 109 Å². The third kappa shape index (κ3) is 8.51. The number of hydrogen-bond donors (Lipinski definition) is 2. The Balaban J connectivity index is 1.13. The number of ether oxygens (including phenoxy) is 2. The molecule has 184 valence electrons. The molecule has 0 heterocycles. The second-order valence-corrected chi connectivity index (χ2v) is 8.50. The molecule has 5 nitrogen and oxygen atoms in total. The summed E-state index contributed by atoms with van der Waals surface area (Å²) < 4.78 is 11.6. The van der Waals surface area contributed by atoms with E-state index in [1.165, 1.54) is 11.1 Å². The third-order valence-electron chi connectivity index (χ3n) is 5.67. The van der Waals surface area contributed by atoms with Crippen molar-refractivity contribution in [3.05, 3.63) is 120 Å². The van der Waals surface area contributed by atoms with Crippen molar-refractivity contribution in [1.29, 1.82) is 0 Å². The molecule has 0 spiro atoms. The lowest BCUT2D eigenvalue weighted by Crippen LogP contribution is -2.19. The highest BCUT2D eigenvalue weighted by Crippen LogP contribution is 2.19. The maximum atomic E-state index is 12.4. The summed E-state index contributed by atoms with van der Waals surface area (Å²) in [5.41, 5.74) is 4.02. The molecule has 0 atom stereocenters. The van der Waals surface area contributed by atoms with E-state index in [1.807, 2.05) is 60.7 Å². The number of urea groups is 1. The molecule has 2 N–H and O–H groups in total. The van der Waals surface area contributed by atoms with Crippen LogP contribution in [0.4, 0.5) is 16.2 Å². The molecule has 0 unspecified atom stereocenters. The molecule has 0 bridgehead atoms. The number of rotatable bonds is 12. The second kappa shape index (κ2) is 13.6. The SMILES string of the molecule is O=C(Nc1ccc(OCCCc2ccccc2)cc1)Nc1ccc(OCCCc2ccccc2)cc1. The van der Waals surface area contributed by atoms with E-state index in [0.717, 1.165) is 37.2 Å². The number of aryl methyl sites for hydroxylation is 2. The fourth-order valence-corrected chi connectivity index (χ4v) is 3.78. The predicted molar refractivity (Wildman–Crippen MR) is 146 cm³/mol. The van der Waals surface area contributed by atoms with Crippen LogP contribution in [0.3, 0.4) is 0 Å². The van der Waals surface area contributed by atoms with Gasteiger partial charge in [-0.25, -0.2) is 4.79 Å². The summed E-state index contributed by atoms with van der Waals surface area (Å²) in [6.07, 6.45) is 3.87. The van der Waals surface area contributed by atoms with Crippen LogP contribution in [0, 0.1) is 0 Å². The number of hydrogen-bond acceptors (Lipinski definition) is 3. The van der Waals surface area contributed by atoms with Gasteiger partial charge in [-0.1, -0.05) is 60.7 Å². The molecule has 4 aromatic rings. The summed E-state index contributed by atoms with van der Waals surface area (Å²) >= 11 is 0. The summed E-state index contributed by atoms with van der Waals surface area (Å²) in [4.78, 5) is 12.4. The predicted octanol–water partition coefficient (Wildman–Crippen LogP) is 7.35. The van der Waals surface area contributed by atoms with E-state index in [1.54, 1.807) is 0 Å². The quantitative estimate of drug-likeness (QED) is 0.208. The highest BCUT2D eigenvalue weighted by Gasteiger charge is 2.04. The van der Waals surface area contributed by atoms with Gasteiger partial charge in [-0.05, 0) is 85.3 Å². The number of benzene rings is 4. The Kier molecular flexibility index (Phi) is 9.39. The molecular weight excluding hydrogens is 448 g/mol. The Hall–Kier alpha value is -4.25. The number of carbonyl (C=O) groups is 1. The minimum atomic E-state index is -0.303. The van der Waals surface area contributed by atoms with Gasteiger partial charge in [-0.3, -0.25) is 0 Å². The van der Waals surface area contributed by atoms with Gasteiger partial charge in [0.1, 0.15) is 11.5 Å². The van der Waals surface area contributed by atoms with Crippen LogP contribution < -0.4 is 20.1 Å². The van der Waals surface area contributed by atoms with Crippen molar-refractivity contribution in [3.8, 4) is 11.5 Å². The summed E-state index contributed by atoms with van der Waals surface area (Å²) in [5.74, 6) is 1.57. The van der Waals surface area contributed by atoms with Gasteiger partial charge in [0, 0.05) is 11.4 Å². The maximum absolute atomic E-state index is 12.4. The third-order valence-corrected chi connectivity index (χ3v) is 5.67. The van der Waals surface area contributed by atoms with Crippen molar-refractivity contribution in [2.75, 3.05) is 23.8 Å². The van der Waals surface area contributed by atoms with Crippen molar-refractivity contribution in [2.24, 2.45) is 0 Å². The van der Waals surface area contributed by atoms with Crippen LogP contribution in [-0.2, 0) is 12.8 Å². The molecular formula is C31H32N2O3. The van der Waals surface area contributed by atoms with Crippen LogP contribution in [0.25, 0.3) is 0 Å². The van der Waals surface area contributed by atoms with Crippen molar-refractivity contribution in [1.82, 2.24) is 0 Å². The van der Waals surface area contributed by atoms with Crippen LogP contribution >= 0.6 is 0 Å². The Morgan fingerprint density at radius 2 is 0.917 bits per heavy atom. The zero-order chi connectivity index (χ0) is 24.8. The zero-order valence-corrected chi connectivity index (χ0v) is 20.4. The highest BCUT2D eigenvalue weighted by molar-refractivity contribution is 5.99. The first kappa shape index (κ1) is 24.9. The molecule has 0 radical (unpaired) electrons. The smallest absolute Gasteiger partial charge is 0.323 e. The van der Waals surface area contributed by atoms with E-state index in [9.17, 15) is 4.79 Å². The van der Waals surface area contributed by atoms with Crippen LogP contribution in [0.2, 0.25) is 0 Å². The van der Waals surface area contributed by atoms with Crippen LogP contribution in [0.1, 0.15) is 24.0 Å². The van der Waals surface area contributed by atoms with Crippen LogP contribution in [-0.4, -0.2) is 19.2 Å². The van der Waals surface area contributed by atoms with E-state index in [2.05, 4.69) is 59.2 Å². The van der Waals surface area contributed by atoms with Gasteiger partial charge < -0.3 is 20.1 Å². The van der Waals surface area contributed by atoms with E-state index >= 15 is 0 Å². The fraction of sp³-hybridized carbons (Fsp3) is 0.194. The summed E-state index contributed by atoms with van der Waals surface area (Å²) in [5, 5.41) is 5.68. The molecule has 2 amide bonds. The molecule has 0 saturated heterocycles. The Bertz CT molecular complexity index is 1080. The van der Waals surface area contributed by atoms with Crippen molar-refractivity contribution >= 4 is 17.4 Å². The zero-order valence-electron chi connectivity index (χ0n) is 20.4. The lowest BCUT2D eigenvalue weighted by atomic mass is 10.1. The molecule has 0 aliphatic rings. The standard InChI is InChI=1S/C31H32N2O3/c34-31(32-27-15-19-29(20-16-27)35-23-7-13-25-9-3-1-4-10-25)33-28-17-21-30(22-18-28)36-24-8-14-26-11-5-2-6-12-26/h1-6,9-12,15-22H,7-8,13-14,23-24H2,(H2,32,33,34). The molecule has 5 heteroatoms. The molecule has 0 aliphatic carbocycles. The lowest BCUT2D eigenvalue weighted by Gasteiger charge is -2.10. The average molecular weight is 481 g/mol. The van der Waals surface area contributed by atoms with E-state index < -0.39 is 0 Å². The van der Waals surface area contributed by atoms with Crippen LogP contribution in [0.5, 0.6) is 11.5 Å². The van der Waals surface area contributed by atoms with Gasteiger partial charge in [0.05, 0.1) is 13.2 Å². The van der Waals surface area contributed by atoms with E-state index in [0.29, 0.717) is 24.6 Å². The van der Waals surface area contributed by atoms with Gasteiger partial charge in [0.2, 0.25) is 0 Å². The van der Waals surface area contributed by atoms with Crippen molar-refractivity contribution < 1.29 is 14.3 Å². The Morgan fingerprint density at radius 3 is 1.31 bits per heavy atom. The maximum Gasteiger partial charge on any atom is 0.323 e. The first-order chi connectivity index (χ1) is 17.7. The Morgan fingerprint density at radius 1 is 0.528 bits per heavy atom. The van der Waals surface area contributed by atoms with Crippen molar-refractivity contribution in [2.45, 2.75) is 25.7 Å². The number of anilines is 2.